The second-order valence-electron chi connectivity index (χ2n) is 6.48. The molecule has 2 aromatic heterocycles. The number of H-pyrrole nitrogens is 1. The number of hydrogen-bond acceptors (Lipinski definition) is 5. The molecule has 4 rings (SSSR count). The summed E-state index contributed by atoms with van der Waals surface area (Å²) in [6, 6.07) is 15.8. The third-order valence-corrected chi connectivity index (χ3v) is 4.81. The Labute approximate surface area is 167 Å². The van der Waals surface area contributed by atoms with Crippen molar-refractivity contribution in [3.63, 3.8) is 0 Å². The van der Waals surface area contributed by atoms with Gasteiger partial charge in [-0.3, -0.25) is 19.6 Å². The quantitative estimate of drug-likeness (QED) is 0.469. The molecule has 0 radical (unpaired) electrons. The number of anilines is 2. The van der Waals surface area contributed by atoms with E-state index in [4.69, 9.17) is 0 Å². The Kier molecular flexibility index (Phi) is 4.73. The van der Waals surface area contributed by atoms with Crippen LogP contribution in [0.4, 0.5) is 11.4 Å². The summed E-state index contributed by atoms with van der Waals surface area (Å²) < 4.78 is 25.5. The molecule has 0 aliphatic carbocycles. The molecular formula is C20H17N5O3S. The van der Waals surface area contributed by atoms with Crippen LogP contribution >= 0.6 is 0 Å². The smallest absolute Gasteiger partial charge is 0.274 e. The van der Waals surface area contributed by atoms with Crippen LogP contribution in [-0.2, 0) is 10.0 Å². The van der Waals surface area contributed by atoms with E-state index in [0.29, 0.717) is 17.1 Å². The van der Waals surface area contributed by atoms with Gasteiger partial charge in [-0.05, 0) is 47.5 Å². The molecule has 4 aromatic rings. The Bertz CT molecular complexity index is 1300. The highest BCUT2D eigenvalue weighted by Gasteiger charge is 2.13. The number of aromatic nitrogens is 3. The Morgan fingerprint density at radius 2 is 1.90 bits per heavy atom. The number of carbonyl (C=O) groups excluding carboxylic acids is 1. The standard InChI is InChI=1S/C20H17N5O3S/c1-29(27,28)25-15-6-4-5-13(9-15)14-10-18(16-12-22-24-19(16)11-14)23-20(26)17-7-2-3-8-21-17/h2-12,25H,1H3,(H,22,24)(H,23,26). The van der Waals surface area contributed by atoms with Crippen molar-refractivity contribution in [2.24, 2.45) is 0 Å². The number of carbonyl (C=O) groups is 1. The molecule has 0 spiro atoms. The lowest BCUT2D eigenvalue weighted by molar-refractivity contribution is 0.102. The van der Waals surface area contributed by atoms with Crippen molar-refractivity contribution in [1.29, 1.82) is 0 Å². The molecule has 0 saturated carbocycles. The summed E-state index contributed by atoms with van der Waals surface area (Å²) >= 11 is 0. The fraction of sp³-hybridized carbons (Fsp3) is 0.0500. The summed E-state index contributed by atoms with van der Waals surface area (Å²) in [5, 5.41) is 10.6. The van der Waals surface area contributed by atoms with Crippen molar-refractivity contribution in [2.75, 3.05) is 16.3 Å². The summed E-state index contributed by atoms with van der Waals surface area (Å²) in [6.45, 7) is 0. The van der Waals surface area contributed by atoms with E-state index in [2.05, 4.69) is 25.2 Å². The van der Waals surface area contributed by atoms with Crippen LogP contribution in [-0.4, -0.2) is 35.8 Å². The van der Waals surface area contributed by atoms with E-state index in [1.807, 2.05) is 18.2 Å². The van der Waals surface area contributed by atoms with Gasteiger partial charge < -0.3 is 5.32 Å². The van der Waals surface area contributed by atoms with Crippen molar-refractivity contribution in [3.8, 4) is 11.1 Å². The molecule has 0 bridgehead atoms. The van der Waals surface area contributed by atoms with Crippen molar-refractivity contribution in [3.05, 3.63) is 72.7 Å². The summed E-state index contributed by atoms with van der Waals surface area (Å²) in [5.41, 5.74) is 3.63. The molecule has 0 aliphatic rings. The minimum absolute atomic E-state index is 0.300. The van der Waals surface area contributed by atoms with Gasteiger partial charge in [0.15, 0.2) is 0 Å². The molecule has 3 N–H and O–H groups in total. The van der Waals surface area contributed by atoms with Gasteiger partial charge >= 0.3 is 0 Å². The van der Waals surface area contributed by atoms with Crippen molar-refractivity contribution in [1.82, 2.24) is 15.2 Å². The first-order valence-corrected chi connectivity index (χ1v) is 10.6. The van der Waals surface area contributed by atoms with E-state index in [1.54, 1.807) is 48.8 Å². The normalized spacial score (nSPS) is 11.3. The molecule has 8 nitrogen and oxygen atoms in total. The first-order valence-electron chi connectivity index (χ1n) is 8.67. The molecule has 0 atom stereocenters. The van der Waals surface area contributed by atoms with Crippen LogP contribution in [0.15, 0.2) is 67.0 Å². The number of nitrogens with zero attached hydrogens (tertiary/aromatic N) is 2. The molecule has 2 aromatic carbocycles. The number of sulfonamides is 1. The van der Waals surface area contributed by atoms with Crippen LogP contribution in [0, 0.1) is 0 Å². The molecule has 0 saturated heterocycles. The molecule has 0 aliphatic heterocycles. The summed E-state index contributed by atoms with van der Waals surface area (Å²) in [7, 11) is -3.39. The lowest BCUT2D eigenvalue weighted by Crippen LogP contribution is -2.13. The summed E-state index contributed by atoms with van der Waals surface area (Å²) in [6.07, 6.45) is 4.29. The van der Waals surface area contributed by atoms with Crippen molar-refractivity contribution in [2.45, 2.75) is 0 Å². The number of pyridine rings is 1. The SMILES string of the molecule is CS(=O)(=O)Nc1cccc(-c2cc(NC(=O)c3ccccn3)c3cn[nH]c3c2)c1. The molecule has 2 heterocycles. The lowest BCUT2D eigenvalue weighted by atomic mass is 10.0. The average Bonchev–Trinajstić information content (AvgIpc) is 3.16. The number of aromatic amines is 1. The number of rotatable bonds is 5. The number of nitrogens with one attached hydrogen (secondary N) is 3. The second-order valence-corrected chi connectivity index (χ2v) is 8.23. The molecule has 0 fully saturated rings. The molecule has 9 heteroatoms. The predicted octanol–water partition coefficient (Wildman–Crippen LogP) is 3.25. The summed E-state index contributed by atoms with van der Waals surface area (Å²) in [5.74, 6) is -0.335. The monoisotopic (exact) mass is 407 g/mol. The van der Waals surface area contributed by atoms with Crippen LogP contribution in [0.25, 0.3) is 22.0 Å². The molecule has 1 amide bonds. The van der Waals surface area contributed by atoms with Gasteiger partial charge in [-0.25, -0.2) is 8.42 Å². The topological polar surface area (TPSA) is 117 Å². The van der Waals surface area contributed by atoms with Crippen molar-refractivity contribution < 1.29 is 13.2 Å². The first kappa shape index (κ1) is 18.6. The highest BCUT2D eigenvalue weighted by Crippen LogP contribution is 2.31. The van der Waals surface area contributed by atoms with E-state index >= 15 is 0 Å². The van der Waals surface area contributed by atoms with Gasteiger partial charge in [-0.1, -0.05) is 18.2 Å². The van der Waals surface area contributed by atoms with E-state index in [1.165, 1.54) is 0 Å². The van der Waals surface area contributed by atoms with Gasteiger partial charge in [0.2, 0.25) is 10.0 Å². The van der Waals surface area contributed by atoms with Gasteiger partial charge in [0.05, 0.1) is 23.7 Å². The zero-order chi connectivity index (χ0) is 20.4. The van der Waals surface area contributed by atoms with E-state index in [9.17, 15) is 13.2 Å². The van der Waals surface area contributed by atoms with Gasteiger partial charge in [-0.2, -0.15) is 5.10 Å². The van der Waals surface area contributed by atoms with Gasteiger partial charge in [0.25, 0.3) is 5.91 Å². The van der Waals surface area contributed by atoms with E-state index in [0.717, 1.165) is 28.3 Å². The first-order chi connectivity index (χ1) is 13.9. The van der Waals surface area contributed by atoms with Crippen LogP contribution in [0.2, 0.25) is 0 Å². The number of benzene rings is 2. The number of amides is 1. The van der Waals surface area contributed by atoms with Crippen LogP contribution < -0.4 is 10.0 Å². The van der Waals surface area contributed by atoms with Crippen molar-refractivity contribution >= 4 is 38.2 Å². The minimum Gasteiger partial charge on any atom is -0.320 e. The maximum Gasteiger partial charge on any atom is 0.274 e. The predicted molar refractivity (Wildman–Crippen MR) is 112 cm³/mol. The molecule has 0 unspecified atom stereocenters. The van der Waals surface area contributed by atoms with Gasteiger partial charge in [0, 0.05) is 17.3 Å². The Morgan fingerprint density at radius 3 is 2.66 bits per heavy atom. The fourth-order valence-electron chi connectivity index (χ4n) is 2.98. The maximum atomic E-state index is 12.6. The second kappa shape index (κ2) is 7.36. The maximum absolute atomic E-state index is 12.6. The lowest BCUT2D eigenvalue weighted by Gasteiger charge is -2.11. The Balaban J connectivity index is 1.74. The Hall–Kier alpha value is -3.72. The number of hydrogen-bond donors (Lipinski definition) is 3. The zero-order valence-electron chi connectivity index (χ0n) is 15.4. The van der Waals surface area contributed by atoms with Crippen LogP contribution in [0.1, 0.15) is 10.5 Å². The molecular weight excluding hydrogens is 390 g/mol. The minimum atomic E-state index is -3.39. The highest BCUT2D eigenvalue weighted by molar-refractivity contribution is 7.92. The third-order valence-electron chi connectivity index (χ3n) is 4.20. The average molecular weight is 407 g/mol. The molecule has 146 valence electrons. The third kappa shape index (κ3) is 4.25. The Morgan fingerprint density at radius 1 is 1.03 bits per heavy atom. The molecule has 29 heavy (non-hydrogen) atoms. The largest absolute Gasteiger partial charge is 0.320 e. The highest BCUT2D eigenvalue weighted by atomic mass is 32.2. The van der Waals surface area contributed by atoms with E-state index < -0.39 is 10.0 Å². The number of fused-ring (bicyclic) bond motifs is 1. The van der Waals surface area contributed by atoms with Crippen LogP contribution in [0.5, 0.6) is 0 Å². The van der Waals surface area contributed by atoms with Gasteiger partial charge in [-0.15, -0.1) is 0 Å². The van der Waals surface area contributed by atoms with E-state index in [-0.39, 0.29) is 5.91 Å². The fourth-order valence-corrected chi connectivity index (χ4v) is 3.54. The van der Waals surface area contributed by atoms with Crippen LogP contribution in [0.3, 0.4) is 0 Å². The van der Waals surface area contributed by atoms with Gasteiger partial charge in [0.1, 0.15) is 5.69 Å². The zero-order valence-corrected chi connectivity index (χ0v) is 16.2. The summed E-state index contributed by atoms with van der Waals surface area (Å²) in [4.78, 5) is 16.6.